The Kier molecular flexibility index (Phi) is 5.16. The van der Waals surface area contributed by atoms with Crippen molar-refractivity contribution < 1.29 is 9.53 Å². The molecule has 0 aromatic heterocycles. The molecule has 3 rings (SSSR count). The minimum absolute atomic E-state index is 0.0232. The molecular formula is C20H24N2O2. The van der Waals surface area contributed by atoms with Gasteiger partial charge in [0.2, 0.25) is 0 Å². The Morgan fingerprint density at radius 1 is 1.17 bits per heavy atom. The number of nitrogens with zero attached hydrogens (tertiary/aromatic N) is 1. The molecule has 2 aromatic rings. The van der Waals surface area contributed by atoms with E-state index < -0.39 is 6.10 Å². The van der Waals surface area contributed by atoms with E-state index in [1.165, 1.54) is 0 Å². The third kappa shape index (κ3) is 3.60. The maximum Gasteiger partial charge on any atom is 0.263 e. The molecule has 4 nitrogen and oxygen atoms in total. The van der Waals surface area contributed by atoms with E-state index in [0.717, 1.165) is 30.5 Å². The maximum atomic E-state index is 12.6. The van der Waals surface area contributed by atoms with Gasteiger partial charge in [0, 0.05) is 19.1 Å². The molecule has 2 N–H and O–H groups in total. The highest BCUT2D eigenvalue weighted by Crippen LogP contribution is 2.24. The molecule has 24 heavy (non-hydrogen) atoms. The van der Waals surface area contributed by atoms with Gasteiger partial charge in [-0.3, -0.25) is 4.79 Å². The van der Waals surface area contributed by atoms with Gasteiger partial charge in [0.05, 0.1) is 0 Å². The Morgan fingerprint density at radius 2 is 1.83 bits per heavy atom. The molecule has 1 saturated heterocycles. The summed E-state index contributed by atoms with van der Waals surface area (Å²) < 4.78 is 5.84. The predicted molar refractivity (Wildman–Crippen MR) is 95.8 cm³/mol. The van der Waals surface area contributed by atoms with Gasteiger partial charge in [-0.15, -0.1) is 0 Å². The third-order valence-electron chi connectivity index (χ3n) is 4.55. The number of benzene rings is 2. The number of ether oxygens (including phenoxy) is 1. The predicted octanol–water partition coefficient (Wildman–Crippen LogP) is 3.07. The summed E-state index contributed by atoms with van der Waals surface area (Å²) >= 11 is 0. The standard InChI is InChI=1S/C20H24N2O2/c1-15(20(23)22-13-5-8-18(22)14-21)24-19-11-9-17(10-12-19)16-6-3-2-4-7-16/h2-4,6-7,9-12,15,18H,5,8,13-14,21H2,1H3. The lowest BCUT2D eigenvalue weighted by atomic mass is 10.1. The van der Waals surface area contributed by atoms with Gasteiger partial charge in [0.15, 0.2) is 6.10 Å². The van der Waals surface area contributed by atoms with Crippen molar-refractivity contribution in [3.8, 4) is 16.9 Å². The van der Waals surface area contributed by atoms with Crippen molar-refractivity contribution >= 4 is 5.91 Å². The number of hydrogen-bond donors (Lipinski definition) is 1. The Balaban J connectivity index is 1.64. The Labute approximate surface area is 143 Å². The fourth-order valence-electron chi connectivity index (χ4n) is 3.22. The van der Waals surface area contributed by atoms with Crippen LogP contribution in [0, 0.1) is 0 Å². The van der Waals surface area contributed by atoms with Gasteiger partial charge in [-0.1, -0.05) is 42.5 Å². The van der Waals surface area contributed by atoms with Gasteiger partial charge in [-0.2, -0.15) is 0 Å². The van der Waals surface area contributed by atoms with Crippen LogP contribution in [0.15, 0.2) is 54.6 Å². The smallest absolute Gasteiger partial charge is 0.263 e. The van der Waals surface area contributed by atoms with Gasteiger partial charge >= 0.3 is 0 Å². The van der Waals surface area contributed by atoms with Crippen molar-refractivity contribution in [3.63, 3.8) is 0 Å². The van der Waals surface area contributed by atoms with E-state index in [2.05, 4.69) is 12.1 Å². The number of rotatable bonds is 5. The van der Waals surface area contributed by atoms with Crippen LogP contribution in [-0.4, -0.2) is 36.0 Å². The molecule has 1 amide bonds. The minimum Gasteiger partial charge on any atom is -0.481 e. The lowest BCUT2D eigenvalue weighted by Crippen LogP contribution is -2.45. The fraction of sp³-hybridized carbons (Fsp3) is 0.350. The van der Waals surface area contributed by atoms with E-state index in [9.17, 15) is 4.79 Å². The average Bonchev–Trinajstić information content (AvgIpc) is 3.11. The molecule has 0 radical (unpaired) electrons. The van der Waals surface area contributed by atoms with Crippen molar-refractivity contribution in [3.05, 3.63) is 54.6 Å². The van der Waals surface area contributed by atoms with E-state index in [4.69, 9.17) is 10.5 Å². The van der Waals surface area contributed by atoms with Crippen molar-refractivity contribution in [1.29, 1.82) is 0 Å². The van der Waals surface area contributed by atoms with Gasteiger partial charge in [0.1, 0.15) is 5.75 Å². The number of hydrogen-bond acceptors (Lipinski definition) is 3. The molecule has 2 unspecified atom stereocenters. The van der Waals surface area contributed by atoms with Crippen molar-refractivity contribution in [2.45, 2.75) is 31.9 Å². The molecule has 0 saturated carbocycles. The van der Waals surface area contributed by atoms with Crippen LogP contribution in [-0.2, 0) is 4.79 Å². The second kappa shape index (κ2) is 7.49. The molecule has 1 fully saturated rings. The van der Waals surface area contributed by atoms with Crippen LogP contribution in [0.5, 0.6) is 5.75 Å². The van der Waals surface area contributed by atoms with Crippen LogP contribution >= 0.6 is 0 Å². The Hall–Kier alpha value is -2.33. The van der Waals surface area contributed by atoms with E-state index in [1.807, 2.05) is 47.4 Å². The third-order valence-corrected chi connectivity index (χ3v) is 4.55. The zero-order chi connectivity index (χ0) is 16.9. The summed E-state index contributed by atoms with van der Waals surface area (Å²) in [7, 11) is 0. The highest BCUT2D eigenvalue weighted by atomic mass is 16.5. The molecule has 4 heteroatoms. The zero-order valence-electron chi connectivity index (χ0n) is 14.0. The molecule has 0 aliphatic carbocycles. The summed E-state index contributed by atoms with van der Waals surface area (Å²) in [6.07, 6.45) is 1.51. The monoisotopic (exact) mass is 324 g/mol. The number of carbonyl (C=O) groups is 1. The summed E-state index contributed by atoms with van der Waals surface area (Å²) in [6.45, 7) is 3.10. The number of nitrogens with two attached hydrogens (primary N) is 1. The van der Waals surface area contributed by atoms with Crippen LogP contribution in [0.3, 0.4) is 0 Å². The molecule has 2 atom stereocenters. The van der Waals surface area contributed by atoms with E-state index in [1.54, 1.807) is 6.92 Å². The minimum atomic E-state index is -0.500. The number of carbonyl (C=O) groups excluding carboxylic acids is 1. The second-order valence-electron chi connectivity index (χ2n) is 6.21. The van der Waals surface area contributed by atoms with Crippen molar-refractivity contribution in [2.75, 3.05) is 13.1 Å². The van der Waals surface area contributed by atoms with Crippen LogP contribution < -0.4 is 10.5 Å². The van der Waals surface area contributed by atoms with E-state index in [-0.39, 0.29) is 11.9 Å². The molecular weight excluding hydrogens is 300 g/mol. The van der Waals surface area contributed by atoms with Gasteiger partial charge in [-0.25, -0.2) is 0 Å². The molecule has 1 aliphatic rings. The molecule has 0 spiro atoms. The lowest BCUT2D eigenvalue weighted by molar-refractivity contribution is -0.138. The normalized spacial score (nSPS) is 18.4. The first kappa shape index (κ1) is 16.5. The molecule has 0 bridgehead atoms. The van der Waals surface area contributed by atoms with Crippen molar-refractivity contribution in [2.24, 2.45) is 5.73 Å². The maximum absolute atomic E-state index is 12.6. The second-order valence-corrected chi connectivity index (χ2v) is 6.21. The molecule has 1 heterocycles. The largest absolute Gasteiger partial charge is 0.481 e. The molecule has 1 aliphatic heterocycles. The summed E-state index contributed by atoms with van der Waals surface area (Å²) in [5, 5.41) is 0. The van der Waals surface area contributed by atoms with Gasteiger partial charge in [0.25, 0.3) is 5.91 Å². The highest BCUT2D eigenvalue weighted by molar-refractivity contribution is 5.81. The van der Waals surface area contributed by atoms with Crippen LogP contribution in [0.4, 0.5) is 0 Å². The first-order valence-corrected chi connectivity index (χ1v) is 8.51. The summed E-state index contributed by atoms with van der Waals surface area (Å²) in [6, 6.07) is 18.2. The lowest BCUT2D eigenvalue weighted by Gasteiger charge is -2.26. The average molecular weight is 324 g/mol. The van der Waals surface area contributed by atoms with Crippen molar-refractivity contribution in [1.82, 2.24) is 4.90 Å². The fourth-order valence-corrected chi connectivity index (χ4v) is 3.22. The van der Waals surface area contributed by atoms with Crippen LogP contribution in [0.25, 0.3) is 11.1 Å². The molecule has 126 valence electrons. The van der Waals surface area contributed by atoms with E-state index in [0.29, 0.717) is 12.3 Å². The first-order valence-electron chi connectivity index (χ1n) is 8.51. The Bertz CT molecular complexity index is 670. The topological polar surface area (TPSA) is 55.6 Å². The summed E-state index contributed by atoms with van der Waals surface area (Å²) in [5.74, 6) is 0.731. The first-order chi connectivity index (χ1) is 11.7. The van der Waals surface area contributed by atoms with Crippen LogP contribution in [0.2, 0.25) is 0 Å². The van der Waals surface area contributed by atoms with Gasteiger partial charge in [-0.05, 0) is 43.0 Å². The van der Waals surface area contributed by atoms with Crippen LogP contribution in [0.1, 0.15) is 19.8 Å². The summed E-state index contributed by atoms with van der Waals surface area (Å²) in [4.78, 5) is 14.4. The molecule has 2 aromatic carbocycles. The van der Waals surface area contributed by atoms with Gasteiger partial charge < -0.3 is 15.4 Å². The highest BCUT2D eigenvalue weighted by Gasteiger charge is 2.31. The SMILES string of the molecule is CC(Oc1ccc(-c2ccccc2)cc1)C(=O)N1CCCC1CN. The quantitative estimate of drug-likeness (QED) is 0.919. The number of amides is 1. The zero-order valence-corrected chi connectivity index (χ0v) is 14.0. The Morgan fingerprint density at radius 3 is 2.50 bits per heavy atom. The number of likely N-dealkylation sites (tertiary alicyclic amines) is 1. The summed E-state index contributed by atoms with van der Waals surface area (Å²) in [5.41, 5.74) is 8.04. The van der Waals surface area contributed by atoms with E-state index >= 15 is 0 Å².